The van der Waals surface area contributed by atoms with Gasteiger partial charge in [-0.1, -0.05) is 48.5 Å². The Morgan fingerprint density at radius 2 is 1.48 bits per heavy atom. The second-order valence-corrected chi connectivity index (χ2v) is 8.68. The molecule has 5 heteroatoms. The molecule has 0 radical (unpaired) electrons. The highest BCUT2D eigenvalue weighted by atomic mass is 16.2. The fourth-order valence-corrected chi connectivity index (χ4v) is 4.49. The Labute approximate surface area is 195 Å². The minimum Gasteiger partial charge on any atom is -0.350 e. The van der Waals surface area contributed by atoms with Crippen molar-refractivity contribution in [2.24, 2.45) is 0 Å². The number of benzene rings is 3. The number of carbonyl (C=O) groups excluding carboxylic acids is 2. The molecule has 33 heavy (non-hydrogen) atoms. The number of anilines is 1. The van der Waals surface area contributed by atoms with Crippen LogP contribution in [0.1, 0.15) is 56.3 Å². The van der Waals surface area contributed by atoms with Gasteiger partial charge in [-0.05, 0) is 80.7 Å². The summed E-state index contributed by atoms with van der Waals surface area (Å²) in [4.78, 5) is 28.1. The average Bonchev–Trinajstić information content (AvgIpc) is 3.35. The lowest BCUT2D eigenvalue weighted by Gasteiger charge is -2.28. The summed E-state index contributed by atoms with van der Waals surface area (Å²) in [5.74, 6) is -0.245. The summed E-state index contributed by atoms with van der Waals surface area (Å²) in [5, 5.41) is 6.08. The van der Waals surface area contributed by atoms with E-state index in [9.17, 15) is 9.59 Å². The van der Waals surface area contributed by atoms with E-state index in [0.29, 0.717) is 23.4 Å². The summed E-state index contributed by atoms with van der Waals surface area (Å²) in [6, 6.07) is 23.5. The summed E-state index contributed by atoms with van der Waals surface area (Å²) in [5.41, 5.74) is 4.92. The van der Waals surface area contributed by atoms with Crippen LogP contribution in [0.25, 0.3) is 0 Å². The molecule has 1 aliphatic heterocycles. The molecule has 4 rings (SSSR count). The maximum atomic E-state index is 13.0. The number of hydrogen-bond acceptors (Lipinski definition) is 3. The van der Waals surface area contributed by atoms with Gasteiger partial charge in [0.05, 0.1) is 6.04 Å². The van der Waals surface area contributed by atoms with Crippen LogP contribution in [0, 0.1) is 13.8 Å². The normalized spacial score (nSPS) is 14.6. The average molecular weight is 442 g/mol. The lowest BCUT2D eigenvalue weighted by atomic mass is 10.0. The van der Waals surface area contributed by atoms with E-state index in [2.05, 4.69) is 27.7 Å². The molecule has 1 unspecified atom stereocenters. The fourth-order valence-electron chi connectivity index (χ4n) is 4.49. The predicted molar refractivity (Wildman–Crippen MR) is 133 cm³/mol. The summed E-state index contributed by atoms with van der Waals surface area (Å²) < 4.78 is 0. The molecule has 2 N–H and O–H groups in total. The highest BCUT2D eigenvalue weighted by Gasteiger charge is 2.24. The van der Waals surface area contributed by atoms with Crippen molar-refractivity contribution in [1.29, 1.82) is 0 Å². The Morgan fingerprint density at radius 3 is 2.18 bits per heavy atom. The van der Waals surface area contributed by atoms with E-state index in [0.717, 1.165) is 24.2 Å². The number of aryl methyl sites for hydroxylation is 2. The van der Waals surface area contributed by atoms with E-state index in [1.807, 2.05) is 62.4 Å². The van der Waals surface area contributed by atoms with Crippen LogP contribution in [0.5, 0.6) is 0 Å². The van der Waals surface area contributed by atoms with Crippen LogP contribution in [0.4, 0.5) is 5.69 Å². The molecule has 0 saturated carbocycles. The van der Waals surface area contributed by atoms with Crippen LogP contribution in [-0.2, 0) is 0 Å². The zero-order valence-corrected chi connectivity index (χ0v) is 19.3. The maximum absolute atomic E-state index is 13.0. The molecule has 1 saturated heterocycles. The van der Waals surface area contributed by atoms with E-state index >= 15 is 0 Å². The van der Waals surface area contributed by atoms with Gasteiger partial charge in [-0.3, -0.25) is 14.5 Å². The molecular formula is C28H31N3O2. The summed E-state index contributed by atoms with van der Waals surface area (Å²) in [6.07, 6.45) is 2.40. The van der Waals surface area contributed by atoms with Gasteiger partial charge in [-0.15, -0.1) is 0 Å². The zero-order chi connectivity index (χ0) is 23.2. The van der Waals surface area contributed by atoms with Crippen LogP contribution < -0.4 is 10.6 Å². The molecule has 0 bridgehead atoms. The molecule has 0 spiro atoms. The summed E-state index contributed by atoms with van der Waals surface area (Å²) in [6.45, 7) is 6.49. The first-order valence-electron chi connectivity index (χ1n) is 11.6. The third-order valence-corrected chi connectivity index (χ3v) is 6.34. The maximum Gasteiger partial charge on any atom is 0.255 e. The largest absolute Gasteiger partial charge is 0.350 e. The molecule has 0 aliphatic carbocycles. The minimum atomic E-state index is -0.152. The van der Waals surface area contributed by atoms with Crippen LogP contribution in [0.3, 0.4) is 0 Å². The van der Waals surface area contributed by atoms with Crippen molar-refractivity contribution in [1.82, 2.24) is 10.2 Å². The summed E-state index contributed by atoms with van der Waals surface area (Å²) >= 11 is 0. The monoisotopic (exact) mass is 441 g/mol. The Hall–Kier alpha value is -3.44. The Morgan fingerprint density at radius 1 is 0.818 bits per heavy atom. The number of nitrogens with zero attached hydrogens (tertiary/aromatic N) is 1. The van der Waals surface area contributed by atoms with Gasteiger partial charge in [0, 0.05) is 23.4 Å². The van der Waals surface area contributed by atoms with Crippen molar-refractivity contribution >= 4 is 17.5 Å². The second-order valence-electron chi connectivity index (χ2n) is 8.68. The molecule has 5 nitrogen and oxygen atoms in total. The fraction of sp³-hybridized carbons (Fsp3) is 0.286. The van der Waals surface area contributed by atoms with E-state index in [4.69, 9.17) is 0 Å². The minimum absolute atomic E-state index is 0.0931. The van der Waals surface area contributed by atoms with E-state index in [1.54, 1.807) is 12.1 Å². The van der Waals surface area contributed by atoms with Gasteiger partial charge in [0.2, 0.25) is 0 Å². The molecule has 1 atom stereocenters. The number of amides is 2. The number of nitrogens with one attached hydrogen (secondary N) is 2. The quantitative estimate of drug-likeness (QED) is 0.535. The molecule has 3 aromatic rings. The standard InChI is InChI=1S/C28H31N3O2/c1-20-10-6-7-13-24(20)28(33)30-23-14-15-25(21(2)18-23)27(32)29-19-26(31-16-8-9-17-31)22-11-4-3-5-12-22/h3-7,10-15,18,26H,8-9,16-17,19H2,1-2H3,(H,29,32)(H,30,33). The number of carbonyl (C=O) groups is 2. The number of likely N-dealkylation sites (tertiary alicyclic amines) is 1. The zero-order valence-electron chi connectivity index (χ0n) is 19.3. The first-order chi connectivity index (χ1) is 16.0. The van der Waals surface area contributed by atoms with Crippen molar-refractivity contribution in [2.45, 2.75) is 32.7 Å². The lowest BCUT2D eigenvalue weighted by Crippen LogP contribution is -2.37. The highest BCUT2D eigenvalue weighted by Crippen LogP contribution is 2.25. The summed E-state index contributed by atoms with van der Waals surface area (Å²) in [7, 11) is 0. The van der Waals surface area contributed by atoms with Crippen molar-refractivity contribution < 1.29 is 9.59 Å². The Bertz CT molecular complexity index is 1120. The number of hydrogen-bond donors (Lipinski definition) is 2. The molecule has 1 fully saturated rings. The first-order valence-corrected chi connectivity index (χ1v) is 11.6. The SMILES string of the molecule is Cc1cc(NC(=O)c2ccccc2C)ccc1C(=O)NCC(c1ccccc1)N1CCCC1. The smallest absolute Gasteiger partial charge is 0.255 e. The lowest BCUT2D eigenvalue weighted by molar-refractivity contribution is 0.0936. The van der Waals surface area contributed by atoms with Crippen molar-refractivity contribution in [2.75, 3.05) is 25.0 Å². The third-order valence-electron chi connectivity index (χ3n) is 6.34. The van der Waals surface area contributed by atoms with Gasteiger partial charge in [0.15, 0.2) is 0 Å². The van der Waals surface area contributed by atoms with Crippen LogP contribution in [-0.4, -0.2) is 36.3 Å². The second kappa shape index (κ2) is 10.5. The van der Waals surface area contributed by atoms with Gasteiger partial charge in [0.1, 0.15) is 0 Å². The third kappa shape index (κ3) is 5.49. The van der Waals surface area contributed by atoms with E-state index in [1.165, 1.54) is 18.4 Å². The molecule has 1 heterocycles. The molecular weight excluding hydrogens is 410 g/mol. The highest BCUT2D eigenvalue weighted by molar-refractivity contribution is 6.05. The van der Waals surface area contributed by atoms with Crippen LogP contribution in [0.15, 0.2) is 72.8 Å². The van der Waals surface area contributed by atoms with Gasteiger partial charge >= 0.3 is 0 Å². The molecule has 1 aliphatic rings. The molecule has 170 valence electrons. The van der Waals surface area contributed by atoms with Crippen molar-refractivity contribution in [3.05, 3.63) is 101 Å². The Balaban J connectivity index is 1.42. The van der Waals surface area contributed by atoms with Crippen molar-refractivity contribution in [3.63, 3.8) is 0 Å². The van der Waals surface area contributed by atoms with Crippen LogP contribution >= 0.6 is 0 Å². The Kier molecular flexibility index (Phi) is 7.20. The molecule has 0 aromatic heterocycles. The molecule has 3 aromatic carbocycles. The van der Waals surface area contributed by atoms with Crippen molar-refractivity contribution in [3.8, 4) is 0 Å². The van der Waals surface area contributed by atoms with Gasteiger partial charge in [-0.25, -0.2) is 0 Å². The van der Waals surface area contributed by atoms with E-state index in [-0.39, 0.29) is 17.9 Å². The number of rotatable bonds is 7. The molecule has 2 amide bonds. The van der Waals surface area contributed by atoms with Gasteiger partial charge in [-0.2, -0.15) is 0 Å². The predicted octanol–water partition coefficient (Wildman–Crippen LogP) is 5.12. The van der Waals surface area contributed by atoms with E-state index < -0.39 is 0 Å². The first kappa shape index (κ1) is 22.7. The van der Waals surface area contributed by atoms with Gasteiger partial charge < -0.3 is 10.6 Å². The topological polar surface area (TPSA) is 61.4 Å². The van der Waals surface area contributed by atoms with Gasteiger partial charge in [0.25, 0.3) is 11.8 Å². The van der Waals surface area contributed by atoms with Crippen LogP contribution in [0.2, 0.25) is 0 Å².